The summed E-state index contributed by atoms with van der Waals surface area (Å²) in [5.74, 6) is -0.232. The third kappa shape index (κ3) is 5.42. The van der Waals surface area contributed by atoms with Gasteiger partial charge in [0.25, 0.3) is 5.91 Å². The second-order valence-corrected chi connectivity index (χ2v) is 12.1. The molecule has 0 aliphatic carbocycles. The number of nitrogens with zero attached hydrogens (tertiary/aromatic N) is 3. The molecular weight excluding hydrogens is 498 g/mol. The number of fused-ring (bicyclic) bond motifs is 2. The third-order valence-corrected chi connectivity index (χ3v) is 9.61. The minimum absolute atomic E-state index is 0.217. The molecule has 0 atom stereocenters. The number of aromatic nitrogens is 1. The van der Waals surface area contributed by atoms with Crippen molar-refractivity contribution in [1.82, 2.24) is 19.1 Å². The van der Waals surface area contributed by atoms with E-state index in [1.54, 1.807) is 18.2 Å². The van der Waals surface area contributed by atoms with Crippen LogP contribution in [0.2, 0.25) is 0 Å². The lowest BCUT2D eigenvalue weighted by Crippen LogP contribution is -2.47. The smallest absolute Gasteiger partial charge is 0.256 e. The van der Waals surface area contributed by atoms with Gasteiger partial charge in [0.1, 0.15) is 0 Å². The van der Waals surface area contributed by atoms with Gasteiger partial charge in [-0.05, 0) is 87.6 Å². The van der Waals surface area contributed by atoms with Crippen LogP contribution in [0.5, 0.6) is 0 Å². The number of sulfonamides is 1. The highest BCUT2D eigenvalue weighted by Gasteiger charge is 2.31. The Morgan fingerprint density at radius 1 is 1.00 bits per heavy atom. The highest BCUT2D eigenvalue weighted by atomic mass is 32.2. The molecule has 1 aromatic heterocycles. The minimum atomic E-state index is -3.63. The van der Waals surface area contributed by atoms with Crippen LogP contribution in [-0.2, 0) is 21.2 Å². The van der Waals surface area contributed by atoms with Crippen LogP contribution >= 0.6 is 0 Å². The van der Waals surface area contributed by atoms with Gasteiger partial charge in [0.05, 0.1) is 10.5 Å². The van der Waals surface area contributed by atoms with Crippen LogP contribution in [0.25, 0.3) is 22.6 Å². The lowest BCUT2D eigenvalue weighted by Gasteiger charge is -2.31. The first kappa shape index (κ1) is 26.6. The molecule has 38 heavy (non-hydrogen) atoms. The van der Waals surface area contributed by atoms with Crippen molar-refractivity contribution in [2.24, 2.45) is 0 Å². The Morgan fingerprint density at radius 3 is 2.50 bits per heavy atom. The van der Waals surface area contributed by atoms with Gasteiger partial charge in [-0.25, -0.2) is 8.42 Å². The number of carbonyl (C=O) groups excluding carboxylic acids is 1. The number of benzene rings is 2. The molecule has 1 fully saturated rings. The SMILES string of the molecule is CCN(CC)CCCc1ccc2[nH]c(/C=C3/C(=O)Nc4ccc(S(=O)(=O)N5CCN(C)CC5)cc43)cc2c1. The molecule has 3 aromatic rings. The standard InChI is InChI=1S/C29H37N5O3S/c1-4-33(5-2)12-6-7-21-8-10-27-22(17-21)18-23(30-27)19-26-25-20-24(9-11-28(25)31-29(26)35)38(36,37)34-15-13-32(3)14-16-34/h8-11,17-20,30H,4-7,12-16H2,1-3H3,(H,31,35)/b26-19+. The van der Waals surface area contributed by atoms with Gasteiger partial charge in [0.2, 0.25) is 10.0 Å². The van der Waals surface area contributed by atoms with Crippen molar-refractivity contribution in [3.63, 3.8) is 0 Å². The molecule has 2 aliphatic heterocycles. The maximum atomic E-state index is 13.3. The molecule has 8 nitrogen and oxygen atoms in total. The molecule has 0 radical (unpaired) electrons. The van der Waals surface area contributed by atoms with Crippen molar-refractivity contribution in [3.8, 4) is 0 Å². The molecular formula is C29H37N5O3S. The van der Waals surface area contributed by atoms with Gasteiger partial charge in [-0.2, -0.15) is 4.31 Å². The summed E-state index contributed by atoms with van der Waals surface area (Å²) < 4.78 is 28.1. The molecule has 0 spiro atoms. The molecule has 1 saturated heterocycles. The van der Waals surface area contributed by atoms with Crippen LogP contribution in [0.1, 0.15) is 37.1 Å². The summed E-state index contributed by atoms with van der Waals surface area (Å²) in [5, 5.41) is 3.98. The average molecular weight is 536 g/mol. The van der Waals surface area contributed by atoms with E-state index < -0.39 is 10.0 Å². The fourth-order valence-electron chi connectivity index (χ4n) is 5.29. The Labute approximate surface area is 225 Å². The number of nitrogens with one attached hydrogen (secondary N) is 2. The molecule has 3 heterocycles. The van der Waals surface area contributed by atoms with Crippen LogP contribution < -0.4 is 5.32 Å². The van der Waals surface area contributed by atoms with Gasteiger partial charge in [0.15, 0.2) is 0 Å². The molecule has 0 saturated carbocycles. The number of carbonyl (C=O) groups is 1. The fraction of sp³-hybridized carbons (Fsp3) is 0.414. The maximum absolute atomic E-state index is 13.3. The quantitative estimate of drug-likeness (QED) is 0.406. The molecule has 202 valence electrons. The van der Waals surface area contributed by atoms with Crippen molar-refractivity contribution in [3.05, 3.63) is 59.3 Å². The minimum Gasteiger partial charge on any atom is -0.355 e. The highest BCUT2D eigenvalue weighted by molar-refractivity contribution is 7.89. The zero-order chi connectivity index (χ0) is 26.9. The number of H-pyrrole nitrogens is 1. The number of hydrogen-bond donors (Lipinski definition) is 2. The number of likely N-dealkylation sites (N-methyl/N-ethyl adjacent to an activating group) is 1. The van der Waals surface area contributed by atoms with Crippen LogP contribution in [0.3, 0.4) is 0 Å². The highest BCUT2D eigenvalue weighted by Crippen LogP contribution is 2.36. The Balaban J connectivity index is 1.38. The van der Waals surface area contributed by atoms with E-state index in [0.29, 0.717) is 43.0 Å². The number of amides is 1. The molecule has 2 N–H and O–H groups in total. The van der Waals surface area contributed by atoms with Crippen molar-refractivity contribution in [2.75, 3.05) is 58.2 Å². The maximum Gasteiger partial charge on any atom is 0.256 e. The van der Waals surface area contributed by atoms with E-state index >= 15 is 0 Å². The number of aryl methyl sites for hydroxylation is 1. The number of hydrogen-bond acceptors (Lipinski definition) is 5. The second-order valence-electron chi connectivity index (χ2n) is 10.2. The summed E-state index contributed by atoms with van der Waals surface area (Å²) >= 11 is 0. The predicted molar refractivity (Wildman–Crippen MR) is 154 cm³/mol. The first-order valence-corrected chi connectivity index (χ1v) is 14.9. The molecule has 0 bridgehead atoms. The summed E-state index contributed by atoms with van der Waals surface area (Å²) in [5.41, 5.74) is 4.82. The summed E-state index contributed by atoms with van der Waals surface area (Å²) in [6.07, 6.45) is 3.95. The molecule has 9 heteroatoms. The van der Waals surface area contributed by atoms with E-state index in [0.717, 1.165) is 49.1 Å². The van der Waals surface area contributed by atoms with Crippen molar-refractivity contribution < 1.29 is 13.2 Å². The zero-order valence-electron chi connectivity index (χ0n) is 22.5. The molecule has 2 aliphatic rings. The van der Waals surface area contributed by atoms with Crippen molar-refractivity contribution >= 4 is 44.2 Å². The van der Waals surface area contributed by atoms with Gasteiger partial charge < -0.3 is 20.1 Å². The third-order valence-electron chi connectivity index (χ3n) is 7.71. The number of anilines is 1. The van der Waals surface area contributed by atoms with Crippen LogP contribution in [0.4, 0.5) is 5.69 Å². The molecule has 5 rings (SSSR count). The Bertz CT molecular complexity index is 1460. The number of piperazine rings is 1. The van der Waals surface area contributed by atoms with Gasteiger partial charge in [-0.1, -0.05) is 19.9 Å². The summed E-state index contributed by atoms with van der Waals surface area (Å²) in [6, 6.07) is 13.4. The van der Waals surface area contributed by atoms with Gasteiger partial charge >= 0.3 is 0 Å². The van der Waals surface area contributed by atoms with E-state index in [4.69, 9.17) is 0 Å². The number of rotatable bonds is 9. The largest absolute Gasteiger partial charge is 0.355 e. The summed E-state index contributed by atoms with van der Waals surface area (Å²) in [4.78, 5) is 21.0. The molecule has 1 amide bonds. The van der Waals surface area contributed by atoms with Crippen LogP contribution in [-0.4, -0.2) is 86.3 Å². The summed E-state index contributed by atoms with van der Waals surface area (Å²) in [6.45, 7) is 9.96. The first-order chi connectivity index (χ1) is 18.3. The van der Waals surface area contributed by atoms with Gasteiger partial charge in [-0.3, -0.25) is 4.79 Å². The van der Waals surface area contributed by atoms with Crippen molar-refractivity contribution in [1.29, 1.82) is 0 Å². The zero-order valence-corrected chi connectivity index (χ0v) is 23.3. The van der Waals surface area contributed by atoms with E-state index in [9.17, 15) is 13.2 Å². The van der Waals surface area contributed by atoms with E-state index in [1.165, 1.54) is 9.87 Å². The monoisotopic (exact) mass is 535 g/mol. The van der Waals surface area contributed by atoms with Gasteiger partial charge in [-0.15, -0.1) is 0 Å². The average Bonchev–Trinajstić information content (AvgIpc) is 3.46. The Morgan fingerprint density at radius 2 is 1.76 bits per heavy atom. The Hall–Kier alpha value is -2.98. The second kappa shape index (κ2) is 11.0. The lowest BCUT2D eigenvalue weighted by molar-refractivity contribution is -0.110. The first-order valence-electron chi connectivity index (χ1n) is 13.5. The predicted octanol–water partition coefficient (Wildman–Crippen LogP) is 3.87. The van der Waals surface area contributed by atoms with Crippen LogP contribution in [0, 0.1) is 0 Å². The van der Waals surface area contributed by atoms with E-state index in [1.807, 2.05) is 19.2 Å². The van der Waals surface area contributed by atoms with E-state index in [-0.39, 0.29) is 10.8 Å². The number of aromatic amines is 1. The van der Waals surface area contributed by atoms with Gasteiger partial charge in [0, 0.05) is 54.0 Å². The summed E-state index contributed by atoms with van der Waals surface area (Å²) in [7, 11) is -1.64. The lowest BCUT2D eigenvalue weighted by atomic mass is 10.1. The Kier molecular flexibility index (Phi) is 7.72. The van der Waals surface area contributed by atoms with Crippen molar-refractivity contribution in [2.45, 2.75) is 31.6 Å². The van der Waals surface area contributed by atoms with E-state index in [2.05, 4.69) is 52.1 Å². The fourth-order valence-corrected chi connectivity index (χ4v) is 6.74. The van der Waals surface area contributed by atoms with Crippen LogP contribution in [0.15, 0.2) is 47.4 Å². The topological polar surface area (TPSA) is 88.8 Å². The molecule has 2 aromatic carbocycles. The molecule has 0 unspecified atom stereocenters. The normalized spacial score (nSPS) is 18.0.